The smallest absolute Gasteiger partial charge is 0.193 e. The first-order valence-electron chi connectivity index (χ1n) is 6.86. The second-order valence-electron chi connectivity index (χ2n) is 5.45. The molecule has 0 bridgehead atoms. The second kappa shape index (κ2) is 7.36. The van der Waals surface area contributed by atoms with Crippen LogP contribution in [-0.4, -0.2) is 37.5 Å². The van der Waals surface area contributed by atoms with E-state index < -0.39 is 0 Å². The summed E-state index contributed by atoms with van der Waals surface area (Å²) >= 11 is 0. The van der Waals surface area contributed by atoms with Crippen LogP contribution >= 0.6 is 24.0 Å². The van der Waals surface area contributed by atoms with E-state index in [1.807, 2.05) is 13.1 Å². The van der Waals surface area contributed by atoms with Crippen molar-refractivity contribution in [2.24, 2.45) is 10.4 Å². The predicted molar refractivity (Wildman–Crippen MR) is 88.7 cm³/mol. The molecule has 0 unspecified atom stereocenters. The summed E-state index contributed by atoms with van der Waals surface area (Å²) in [5, 5.41) is 3.34. The van der Waals surface area contributed by atoms with Crippen LogP contribution in [0.4, 0.5) is 0 Å². The summed E-state index contributed by atoms with van der Waals surface area (Å²) in [5.41, 5.74) is 0.601. The van der Waals surface area contributed by atoms with Gasteiger partial charge < -0.3 is 10.2 Å². The highest BCUT2D eigenvalue weighted by Crippen LogP contribution is 2.43. The maximum atomic E-state index is 4.37. The van der Waals surface area contributed by atoms with Crippen molar-refractivity contribution in [2.45, 2.75) is 38.5 Å². The topological polar surface area (TPSA) is 27.6 Å². The fraction of sp³-hybridized carbons (Fsp3) is 0.786. The highest BCUT2D eigenvalue weighted by molar-refractivity contribution is 14.0. The Hall–Kier alpha value is -0.260. The van der Waals surface area contributed by atoms with E-state index in [4.69, 9.17) is 0 Å². The van der Waals surface area contributed by atoms with E-state index in [-0.39, 0.29) is 24.0 Å². The Morgan fingerprint density at radius 1 is 1.33 bits per heavy atom. The molecule has 0 radical (unpaired) electrons. The van der Waals surface area contributed by atoms with Gasteiger partial charge in [0.2, 0.25) is 0 Å². The third-order valence-corrected chi connectivity index (χ3v) is 4.27. The van der Waals surface area contributed by atoms with Crippen molar-refractivity contribution < 1.29 is 0 Å². The van der Waals surface area contributed by atoms with Crippen LogP contribution in [0.2, 0.25) is 0 Å². The van der Waals surface area contributed by atoms with E-state index in [1.54, 1.807) is 0 Å². The number of nitrogens with zero attached hydrogens (tertiary/aromatic N) is 2. The van der Waals surface area contributed by atoms with Gasteiger partial charge in [-0.05, 0) is 24.7 Å². The lowest BCUT2D eigenvalue weighted by molar-refractivity contribution is 0.203. The first-order valence-corrected chi connectivity index (χ1v) is 6.86. The molecular formula is C14H26IN3. The SMILES string of the molecule is C=CCNC(=NC)N1CCC2(CCCCC2)C1.I. The van der Waals surface area contributed by atoms with E-state index in [2.05, 4.69) is 21.8 Å². The maximum Gasteiger partial charge on any atom is 0.193 e. The van der Waals surface area contributed by atoms with Crippen LogP contribution in [0.5, 0.6) is 0 Å². The van der Waals surface area contributed by atoms with Crippen molar-refractivity contribution in [2.75, 3.05) is 26.7 Å². The summed E-state index contributed by atoms with van der Waals surface area (Å²) in [6.45, 7) is 6.90. The van der Waals surface area contributed by atoms with E-state index in [0.717, 1.165) is 19.0 Å². The van der Waals surface area contributed by atoms with Crippen LogP contribution in [0.15, 0.2) is 17.6 Å². The molecule has 18 heavy (non-hydrogen) atoms. The van der Waals surface area contributed by atoms with Gasteiger partial charge in [0.1, 0.15) is 0 Å². The molecule has 0 amide bonds. The minimum absolute atomic E-state index is 0. The zero-order valence-electron chi connectivity index (χ0n) is 11.5. The molecule has 0 aromatic heterocycles. The summed E-state index contributed by atoms with van der Waals surface area (Å²) in [4.78, 5) is 6.79. The normalized spacial score (nSPS) is 22.7. The zero-order chi connectivity index (χ0) is 12.1. The molecule has 1 N–H and O–H groups in total. The number of nitrogens with one attached hydrogen (secondary N) is 1. The van der Waals surface area contributed by atoms with Crippen LogP contribution < -0.4 is 5.32 Å². The summed E-state index contributed by atoms with van der Waals surface area (Å²) < 4.78 is 0. The lowest BCUT2D eigenvalue weighted by Gasteiger charge is -2.33. The molecule has 1 heterocycles. The second-order valence-corrected chi connectivity index (χ2v) is 5.45. The maximum absolute atomic E-state index is 4.37. The Morgan fingerprint density at radius 3 is 2.67 bits per heavy atom. The van der Waals surface area contributed by atoms with E-state index >= 15 is 0 Å². The Labute approximate surface area is 128 Å². The Kier molecular flexibility index (Phi) is 6.46. The average Bonchev–Trinajstić information content (AvgIpc) is 2.75. The van der Waals surface area contributed by atoms with Gasteiger partial charge in [0.15, 0.2) is 5.96 Å². The molecule has 104 valence electrons. The molecule has 2 fully saturated rings. The van der Waals surface area contributed by atoms with E-state index in [9.17, 15) is 0 Å². The standard InChI is InChI=1S/C14H25N3.HI/c1-3-10-16-13(15-2)17-11-9-14(12-17)7-5-4-6-8-14;/h3H,1,4-12H2,2H3,(H,15,16);1H. The molecular weight excluding hydrogens is 337 g/mol. The van der Waals surface area contributed by atoms with Crippen LogP contribution in [0.3, 0.4) is 0 Å². The Balaban J connectivity index is 0.00000162. The van der Waals surface area contributed by atoms with Gasteiger partial charge in [-0.15, -0.1) is 30.6 Å². The van der Waals surface area contributed by atoms with Crippen LogP contribution in [0.25, 0.3) is 0 Å². The lowest BCUT2D eigenvalue weighted by atomic mass is 9.73. The largest absolute Gasteiger partial charge is 0.353 e. The van der Waals surface area contributed by atoms with Crippen molar-refractivity contribution in [3.8, 4) is 0 Å². The van der Waals surface area contributed by atoms with Crippen molar-refractivity contribution in [3.05, 3.63) is 12.7 Å². The monoisotopic (exact) mass is 363 g/mol. The predicted octanol–water partition coefficient (Wildman–Crippen LogP) is 3.02. The number of hydrogen-bond donors (Lipinski definition) is 1. The van der Waals surface area contributed by atoms with Crippen molar-refractivity contribution >= 4 is 29.9 Å². The number of aliphatic imine (C=N–C) groups is 1. The van der Waals surface area contributed by atoms with Crippen molar-refractivity contribution in [3.63, 3.8) is 0 Å². The quantitative estimate of drug-likeness (QED) is 0.354. The third kappa shape index (κ3) is 3.62. The molecule has 0 aromatic rings. The van der Waals surface area contributed by atoms with Gasteiger partial charge in [0.05, 0.1) is 0 Å². The first-order chi connectivity index (χ1) is 8.29. The van der Waals surface area contributed by atoms with Crippen LogP contribution in [0.1, 0.15) is 38.5 Å². The summed E-state index contributed by atoms with van der Waals surface area (Å²) in [6.07, 6.45) is 10.4. The molecule has 3 nitrogen and oxygen atoms in total. The van der Waals surface area contributed by atoms with Gasteiger partial charge in [0, 0.05) is 26.7 Å². The van der Waals surface area contributed by atoms with E-state index in [1.165, 1.54) is 45.1 Å². The van der Waals surface area contributed by atoms with Gasteiger partial charge in [-0.2, -0.15) is 0 Å². The number of likely N-dealkylation sites (tertiary alicyclic amines) is 1. The van der Waals surface area contributed by atoms with Gasteiger partial charge in [0.25, 0.3) is 0 Å². The molecule has 0 aromatic carbocycles. The number of halogens is 1. The Morgan fingerprint density at radius 2 is 2.06 bits per heavy atom. The van der Waals surface area contributed by atoms with Gasteiger partial charge >= 0.3 is 0 Å². The minimum atomic E-state index is 0. The molecule has 1 spiro atoms. The van der Waals surface area contributed by atoms with Crippen LogP contribution in [-0.2, 0) is 0 Å². The fourth-order valence-corrected chi connectivity index (χ4v) is 3.32. The fourth-order valence-electron chi connectivity index (χ4n) is 3.32. The highest BCUT2D eigenvalue weighted by Gasteiger charge is 2.39. The summed E-state index contributed by atoms with van der Waals surface area (Å²) in [7, 11) is 1.87. The van der Waals surface area contributed by atoms with Gasteiger partial charge in [-0.25, -0.2) is 0 Å². The minimum Gasteiger partial charge on any atom is -0.353 e. The average molecular weight is 363 g/mol. The number of rotatable bonds is 2. The molecule has 1 aliphatic carbocycles. The van der Waals surface area contributed by atoms with Gasteiger partial charge in [-0.1, -0.05) is 25.3 Å². The molecule has 1 aliphatic heterocycles. The molecule has 0 atom stereocenters. The number of hydrogen-bond acceptors (Lipinski definition) is 1. The van der Waals surface area contributed by atoms with Crippen LogP contribution in [0, 0.1) is 5.41 Å². The number of guanidine groups is 1. The van der Waals surface area contributed by atoms with Crippen molar-refractivity contribution in [1.29, 1.82) is 0 Å². The highest BCUT2D eigenvalue weighted by atomic mass is 127. The first kappa shape index (κ1) is 15.8. The zero-order valence-corrected chi connectivity index (χ0v) is 13.8. The lowest BCUT2D eigenvalue weighted by Crippen LogP contribution is -2.41. The van der Waals surface area contributed by atoms with Gasteiger partial charge in [-0.3, -0.25) is 4.99 Å². The third-order valence-electron chi connectivity index (χ3n) is 4.27. The summed E-state index contributed by atoms with van der Waals surface area (Å²) in [6, 6.07) is 0. The van der Waals surface area contributed by atoms with E-state index in [0.29, 0.717) is 5.41 Å². The Bertz CT molecular complexity index is 295. The molecule has 4 heteroatoms. The molecule has 1 saturated carbocycles. The summed E-state index contributed by atoms with van der Waals surface area (Å²) in [5.74, 6) is 1.05. The van der Waals surface area contributed by atoms with Crippen molar-refractivity contribution in [1.82, 2.24) is 10.2 Å². The molecule has 2 aliphatic rings. The molecule has 1 saturated heterocycles. The molecule has 2 rings (SSSR count).